The third kappa shape index (κ3) is 3.53. The van der Waals surface area contributed by atoms with Crippen LogP contribution in [0.15, 0.2) is 42.5 Å². The summed E-state index contributed by atoms with van der Waals surface area (Å²) in [5, 5.41) is 15.2. The Bertz CT molecular complexity index is 662. The molecule has 2 aromatic rings. The Morgan fingerprint density at radius 2 is 1.90 bits per heavy atom. The smallest absolute Gasteiger partial charge is 0.272 e. The summed E-state index contributed by atoms with van der Waals surface area (Å²) in [6.45, 7) is 0. The lowest BCUT2D eigenvalue weighted by atomic mass is 9.98. The highest BCUT2D eigenvalue weighted by atomic mass is 35.5. The average Bonchev–Trinajstić information content (AvgIpc) is 2.48. The van der Waals surface area contributed by atoms with Crippen molar-refractivity contribution in [2.75, 3.05) is 7.05 Å². The molecule has 21 heavy (non-hydrogen) atoms. The van der Waals surface area contributed by atoms with Gasteiger partial charge in [0.25, 0.3) is 5.69 Å². The Morgan fingerprint density at radius 1 is 1.19 bits per heavy atom. The van der Waals surface area contributed by atoms with E-state index in [1.54, 1.807) is 31.3 Å². The number of nitro groups is 1. The normalized spacial score (nSPS) is 12.1. The van der Waals surface area contributed by atoms with Crippen molar-refractivity contribution in [1.82, 2.24) is 5.32 Å². The summed E-state index contributed by atoms with van der Waals surface area (Å²) >= 11 is 12.3. The second kappa shape index (κ2) is 6.89. The van der Waals surface area contributed by atoms with Crippen LogP contribution in [0.4, 0.5) is 5.69 Å². The Balaban J connectivity index is 2.36. The second-order valence-corrected chi connectivity index (χ2v) is 5.36. The zero-order valence-corrected chi connectivity index (χ0v) is 12.9. The highest BCUT2D eigenvalue weighted by molar-refractivity contribution is 6.42. The quantitative estimate of drug-likeness (QED) is 0.654. The maximum atomic E-state index is 11.1. The largest absolute Gasteiger partial charge is 0.313 e. The number of nitrogens with zero attached hydrogens (tertiary/aromatic N) is 1. The van der Waals surface area contributed by atoms with Gasteiger partial charge < -0.3 is 5.32 Å². The predicted octanol–water partition coefficient (Wildman–Crippen LogP) is 4.40. The first-order valence-corrected chi connectivity index (χ1v) is 7.13. The number of likely N-dealkylation sites (N-methyl/N-ethyl adjacent to an activating group) is 1. The van der Waals surface area contributed by atoms with Gasteiger partial charge in [-0.1, -0.05) is 53.5 Å². The standard InChI is InChI=1S/C15H14Cl2N2O2/c1-18-13(11-6-4-7-12(16)15(11)17)9-10-5-2-3-8-14(10)19(20)21/h2-8,13,18H,9H2,1H3. The highest BCUT2D eigenvalue weighted by Gasteiger charge is 2.20. The summed E-state index contributed by atoms with van der Waals surface area (Å²) in [6, 6.07) is 11.9. The molecule has 0 aliphatic heterocycles. The zero-order valence-electron chi connectivity index (χ0n) is 11.3. The maximum Gasteiger partial charge on any atom is 0.272 e. The molecule has 0 fully saturated rings. The number of nitrogens with one attached hydrogen (secondary N) is 1. The van der Waals surface area contributed by atoms with E-state index in [0.717, 1.165) is 5.56 Å². The van der Waals surface area contributed by atoms with Crippen LogP contribution in [0.3, 0.4) is 0 Å². The van der Waals surface area contributed by atoms with E-state index in [2.05, 4.69) is 5.32 Å². The van der Waals surface area contributed by atoms with Crippen molar-refractivity contribution in [1.29, 1.82) is 0 Å². The van der Waals surface area contributed by atoms with E-state index in [1.165, 1.54) is 6.07 Å². The van der Waals surface area contributed by atoms with Crippen LogP contribution in [-0.4, -0.2) is 12.0 Å². The van der Waals surface area contributed by atoms with Crippen LogP contribution in [-0.2, 0) is 6.42 Å². The summed E-state index contributed by atoms with van der Waals surface area (Å²) in [7, 11) is 1.79. The highest BCUT2D eigenvalue weighted by Crippen LogP contribution is 2.32. The van der Waals surface area contributed by atoms with Gasteiger partial charge in [0.15, 0.2) is 0 Å². The first-order chi connectivity index (χ1) is 10.0. The molecule has 2 rings (SSSR count). The van der Waals surface area contributed by atoms with E-state index in [-0.39, 0.29) is 16.7 Å². The topological polar surface area (TPSA) is 55.2 Å². The molecule has 1 atom stereocenters. The van der Waals surface area contributed by atoms with Crippen molar-refractivity contribution in [2.24, 2.45) is 0 Å². The van der Waals surface area contributed by atoms with E-state index in [4.69, 9.17) is 23.2 Å². The fraction of sp³-hybridized carbons (Fsp3) is 0.200. The summed E-state index contributed by atoms with van der Waals surface area (Å²) in [6.07, 6.45) is 0.452. The monoisotopic (exact) mass is 324 g/mol. The zero-order chi connectivity index (χ0) is 15.4. The van der Waals surface area contributed by atoms with Crippen molar-refractivity contribution in [3.8, 4) is 0 Å². The summed E-state index contributed by atoms with van der Waals surface area (Å²) in [5.74, 6) is 0. The van der Waals surface area contributed by atoms with Gasteiger partial charge in [-0.2, -0.15) is 0 Å². The number of para-hydroxylation sites is 1. The number of hydrogen-bond donors (Lipinski definition) is 1. The molecule has 1 unspecified atom stereocenters. The number of halogens is 2. The SMILES string of the molecule is CNC(Cc1ccccc1[N+](=O)[O-])c1cccc(Cl)c1Cl. The van der Waals surface area contributed by atoms with Crippen molar-refractivity contribution < 1.29 is 4.92 Å². The van der Waals surface area contributed by atoms with Crippen molar-refractivity contribution >= 4 is 28.9 Å². The Morgan fingerprint density at radius 3 is 2.57 bits per heavy atom. The predicted molar refractivity (Wildman–Crippen MR) is 85.1 cm³/mol. The first kappa shape index (κ1) is 15.8. The molecular weight excluding hydrogens is 311 g/mol. The first-order valence-electron chi connectivity index (χ1n) is 6.38. The van der Waals surface area contributed by atoms with Gasteiger partial charge >= 0.3 is 0 Å². The van der Waals surface area contributed by atoms with Gasteiger partial charge in [0.05, 0.1) is 15.0 Å². The number of nitro benzene ring substituents is 1. The van der Waals surface area contributed by atoms with Gasteiger partial charge in [-0.15, -0.1) is 0 Å². The molecule has 0 aliphatic carbocycles. The van der Waals surface area contributed by atoms with Crippen LogP contribution in [0.5, 0.6) is 0 Å². The molecule has 0 amide bonds. The Labute approximate surface area is 132 Å². The summed E-state index contributed by atoms with van der Waals surface area (Å²) in [4.78, 5) is 10.7. The summed E-state index contributed by atoms with van der Waals surface area (Å²) in [5.41, 5.74) is 1.58. The third-order valence-corrected chi connectivity index (χ3v) is 4.15. The minimum absolute atomic E-state index is 0.107. The van der Waals surface area contributed by atoms with Gasteiger partial charge in [-0.25, -0.2) is 0 Å². The number of benzene rings is 2. The molecule has 110 valence electrons. The van der Waals surface area contributed by atoms with Gasteiger partial charge in [0, 0.05) is 17.7 Å². The van der Waals surface area contributed by atoms with E-state index >= 15 is 0 Å². The molecule has 0 aromatic heterocycles. The lowest BCUT2D eigenvalue weighted by Gasteiger charge is -2.18. The second-order valence-electron chi connectivity index (χ2n) is 4.57. The maximum absolute atomic E-state index is 11.1. The van der Waals surface area contributed by atoms with E-state index in [0.29, 0.717) is 22.0 Å². The molecule has 0 saturated heterocycles. The van der Waals surface area contributed by atoms with Crippen LogP contribution >= 0.6 is 23.2 Å². The van der Waals surface area contributed by atoms with Crippen LogP contribution in [0.2, 0.25) is 10.0 Å². The molecule has 0 spiro atoms. The summed E-state index contributed by atoms with van der Waals surface area (Å²) < 4.78 is 0. The van der Waals surface area contributed by atoms with Gasteiger partial charge in [0.2, 0.25) is 0 Å². The van der Waals surface area contributed by atoms with E-state index in [1.807, 2.05) is 12.1 Å². The van der Waals surface area contributed by atoms with E-state index < -0.39 is 0 Å². The fourth-order valence-electron chi connectivity index (χ4n) is 2.24. The number of rotatable bonds is 5. The molecule has 0 heterocycles. The molecule has 6 heteroatoms. The number of hydrogen-bond acceptors (Lipinski definition) is 3. The average molecular weight is 325 g/mol. The Kier molecular flexibility index (Phi) is 5.17. The molecule has 0 saturated carbocycles. The molecule has 4 nitrogen and oxygen atoms in total. The minimum atomic E-state index is -0.373. The molecule has 0 aliphatic rings. The Hall–Kier alpha value is -1.62. The molecular formula is C15H14Cl2N2O2. The molecule has 0 bridgehead atoms. The van der Waals surface area contributed by atoms with Crippen LogP contribution in [0, 0.1) is 10.1 Å². The van der Waals surface area contributed by atoms with Crippen LogP contribution in [0.25, 0.3) is 0 Å². The van der Waals surface area contributed by atoms with Crippen molar-refractivity contribution in [3.63, 3.8) is 0 Å². The third-order valence-electron chi connectivity index (χ3n) is 3.32. The van der Waals surface area contributed by atoms with Gasteiger partial charge in [0.1, 0.15) is 0 Å². The minimum Gasteiger partial charge on any atom is -0.313 e. The lowest BCUT2D eigenvalue weighted by Crippen LogP contribution is -2.19. The molecule has 2 aromatic carbocycles. The van der Waals surface area contributed by atoms with Crippen LogP contribution in [0.1, 0.15) is 17.2 Å². The van der Waals surface area contributed by atoms with Crippen molar-refractivity contribution in [3.05, 3.63) is 73.8 Å². The van der Waals surface area contributed by atoms with Gasteiger partial charge in [-0.3, -0.25) is 10.1 Å². The van der Waals surface area contributed by atoms with Gasteiger partial charge in [-0.05, 0) is 25.1 Å². The fourth-order valence-corrected chi connectivity index (χ4v) is 2.68. The lowest BCUT2D eigenvalue weighted by molar-refractivity contribution is -0.385. The molecule has 0 radical (unpaired) electrons. The van der Waals surface area contributed by atoms with Crippen LogP contribution < -0.4 is 5.32 Å². The van der Waals surface area contributed by atoms with E-state index in [9.17, 15) is 10.1 Å². The molecule has 1 N–H and O–H groups in total. The van der Waals surface area contributed by atoms with Crippen molar-refractivity contribution in [2.45, 2.75) is 12.5 Å².